The lowest BCUT2D eigenvalue weighted by Crippen LogP contribution is -2.24. The number of carbonyl (C=O) groups excluding carboxylic acids is 1. The predicted molar refractivity (Wildman–Crippen MR) is 88.4 cm³/mol. The number of rotatable bonds is 6. The quantitative estimate of drug-likeness (QED) is 0.804. The third-order valence-corrected chi connectivity index (χ3v) is 3.11. The molecule has 0 spiro atoms. The average Bonchev–Trinajstić information content (AvgIpc) is 2.52. The Morgan fingerprint density at radius 2 is 2.00 bits per heavy atom. The Hall–Kier alpha value is -2.69. The van der Waals surface area contributed by atoms with Gasteiger partial charge in [0.25, 0.3) is 5.91 Å². The van der Waals surface area contributed by atoms with Gasteiger partial charge in [-0.1, -0.05) is 25.1 Å². The van der Waals surface area contributed by atoms with E-state index in [1.54, 1.807) is 19.1 Å². The van der Waals surface area contributed by atoms with Gasteiger partial charge in [-0.15, -0.1) is 6.58 Å². The second kappa shape index (κ2) is 7.36. The second-order valence-electron chi connectivity index (χ2n) is 4.86. The molecule has 0 fully saturated rings. The number of anilines is 2. The number of amides is 1. The van der Waals surface area contributed by atoms with Gasteiger partial charge in [0.15, 0.2) is 0 Å². The molecule has 22 heavy (non-hydrogen) atoms. The van der Waals surface area contributed by atoms with Gasteiger partial charge in [0, 0.05) is 18.3 Å². The van der Waals surface area contributed by atoms with Gasteiger partial charge < -0.3 is 10.6 Å². The van der Waals surface area contributed by atoms with E-state index >= 15 is 0 Å². The zero-order chi connectivity index (χ0) is 15.9. The first-order valence-electron chi connectivity index (χ1n) is 7.23. The molecule has 0 bridgehead atoms. The summed E-state index contributed by atoms with van der Waals surface area (Å²) in [4.78, 5) is 20.4. The van der Waals surface area contributed by atoms with Crippen LogP contribution in [0.5, 0.6) is 0 Å². The van der Waals surface area contributed by atoms with Crippen molar-refractivity contribution in [2.24, 2.45) is 0 Å². The molecule has 0 aliphatic rings. The molecule has 0 atom stereocenters. The molecular formula is C17H20N4O. The van der Waals surface area contributed by atoms with Crippen LogP contribution in [0, 0.1) is 6.92 Å². The number of carbonyl (C=O) groups is 1. The van der Waals surface area contributed by atoms with Gasteiger partial charge in [-0.3, -0.25) is 4.79 Å². The molecule has 0 saturated carbocycles. The van der Waals surface area contributed by atoms with E-state index in [1.165, 1.54) is 5.56 Å². The topological polar surface area (TPSA) is 66.9 Å². The monoisotopic (exact) mass is 296 g/mol. The summed E-state index contributed by atoms with van der Waals surface area (Å²) in [5, 5.41) is 5.90. The maximum absolute atomic E-state index is 12.0. The van der Waals surface area contributed by atoms with Crippen LogP contribution in [0.15, 0.2) is 43.0 Å². The molecule has 0 unspecified atom stereocenters. The maximum atomic E-state index is 12.0. The van der Waals surface area contributed by atoms with Gasteiger partial charge in [0.2, 0.25) is 0 Å². The van der Waals surface area contributed by atoms with Crippen LogP contribution in [-0.4, -0.2) is 22.4 Å². The van der Waals surface area contributed by atoms with Gasteiger partial charge in [0.1, 0.15) is 17.3 Å². The highest BCUT2D eigenvalue weighted by Crippen LogP contribution is 2.16. The molecule has 0 saturated heterocycles. The lowest BCUT2D eigenvalue weighted by Gasteiger charge is -2.09. The number of aromatic nitrogens is 2. The summed E-state index contributed by atoms with van der Waals surface area (Å²) in [6, 6.07) is 9.75. The normalized spacial score (nSPS) is 10.1. The fraction of sp³-hybridized carbons (Fsp3) is 0.235. The van der Waals surface area contributed by atoms with Crippen molar-refractivity contribution in [1.82, 2.24) is 15.3 Å². The van der Waals surface area contributed by atoms with Gasteiger partial charge in [-0.05, 0) is 31.0 Å². The minimum atomic E-state index is -0.241. The van der Waals surface area contributed by atoms with Crippen LogP contribution in [0.1, 0.15) is 28.8 Å². The number of hydrogen-bond acceptors (Lipinski definition) is 4. The van der Waals surface area contributed by atoms with Gasteiger partial charge in [-0.2, -0.15) is 0 Å². The molecule has 1 heterocycles. The molecule has 5 nitrogen and oxygen atoms in total. The third kappa shape index (κ3) is 4.15. The van der Waals surface area contributed by atoms with Gasteiger partial charge in [-0.25, -0.2) is 9.97 Å². The van der Waals surface area contributed by atoms with Crippen molar-refractivity contribution in [3.8, 4) is 0 Å². The fourth-order valence-corrected chi connectivity index (χ4v) is 1.98. The number of aryl methyl sites for hydroxylation is 2. The predicted octanol–water partition coefficient (Wildman–Crippen LogP) is 3.01. The molecule has 1 aromatic heterocycles. The molecule has 0 aliphatic heterocycles. The molecule has 2 N–H and O–H groups in total. The maximum Gasteiger partial charge on any atom is 0.270 e. The van der Waals surface area contributed by atoms with Crippen LogP contribution in [-0.2, 0) is 6.42 Å². The van der Waals surface area contributed by atoms with Crippen LogP contribution in [0.25, 0.3) is 0 Å². The lowest BCUT2D eigenvalue weighted by atomic mass is 10.1. The van der Waals surface area contributed by atoms with Crippen molar-refractivity contribution >= 4 is 17.4 Å². The summed E-state index contributed by atoms with van der Waals surface area (Å²) >= 11 is 0. The molecule has 2 rings (SSSR count). The van der Waals surface area contributed by atoms with Crippen molar-refractivity contribution in [2.45, 2.75) is 20.3 Å². The Morgan fingerprint density at radius 3 is 2.64 bits per heavy atom. The van der Waals surface area contributed by atoms with Gasteiger partial charge in [0.05, 0.1) is 0 Å². The van der Waals surface area contributed by atoms with E-state index < -0.39 is 0 Å². The highest BCUT2D eigenvalue weighted by Gasteiger charge is 2.09. The molecular weight excluding hydrogens is 276 g/mol. The number of nitrogens with one attached hydrogen (secondary N) is 2. The van der Waals surface area contributed by atoms with Crippen LogP contribution < -0.4 is 10.6 Å². The Bertz CT molecular complexity index is 665. The number of benzene rings is 1. The van der Waals surface area contributed by atoms with E-state index in [0.29, 0.717) is 23.9 Å². The highest BCUT2D eigenvalue weighted by atomic mass is 16.1. The van der Waals surface area contributed by atoms with Crippen molar-refractivity contribution in [2.75, 3.05) is 11.9 Å². The summed E-state index contributed by atoms with van der Waals surface area (Å²) < 4.78 is 0. The van der Waals surface area contributed by atoms with Crippen molar-refractivity contribution < 1.29 is 4.79 Å². The van der Waals surface area contributed by atoms with Crippen molar-refractivity contribution in [3.63, 3.8) is 0 Å². The standard InChI is InChI=1S/C17H20N4O/c1-4-10-18-17(22)15-11-16(20-12(3)19-15)21-14-8-6-13(5-2)7-9-14/h4,6-9,11H,1,5,10H2,2-3H3,(H,18,22)(H,19,20,21). The molecule has 1 aromatic carbocycles. The Morgan fingerprint density at radius 1 is 1.27 bits per heavy atom. The molecule has 0 radical (unpaired) electrons. The van der Waals surface area contributed by atoms with Crippen molar-refractivity contribution in [3.05, 3.63) is 60.1 Å². The minimum Gasteiger partial charge on any atom is -0.347 e. The van der Waals surface area contributed by atoms with Crippen LogP contribution >= 0.6 is 0 Å². The molecule has 1 amide bonds. The zero-order valence-corrected chi connectivity index (χ0v) is 12.9. The van der Waals surface area contributed by atoms with E-state index in [1.807, 2.05) is 12.1 Å². The number of nitrogens with zero attached hydrogens (tertiary/aromatic N) is 2. The molecule has 0 aliphatic carbocycles. The van der Waals surface area contributed by atoms with E-state index in [2.05, 4.69) is 46.2 Å². The van der Waals surface area contributed by atoms with E-state index in [9.17, 15) is 4.79 Å². The highest BCUT2D eigenvalue weighted by molar-refractivity contribution is 5.93. The first-order chi connectivity index (χ1) is 10.6. The van der Waals surface area contributed by atoms with E-state index in [4.69, 9.17) is 0 Å². The summed E-state index contributed by atoms with van der Waals surface area (Å²) in [6.07, 6.45) is 2.63. The fourth-order valence-electron chi connectivity index (χ4n) is 1.98. The molecule has 5 heteroatoms. The summed E-state index contributed by atoms with van der Waals surface area (Å²) in [7, 11) is 0. The van der Waals surface area contributed by atoms with Crippen LogP contribution in [0.2, 0.25) is 0 Å². The van der Waals surface area contributed by atoms with E-state index in [-0.39, 0.29) is 5.91 Å². The Kier molecular flexibility index (Phi) is 5.25. The minimum absolute atomic E-state index is 0.241. The molecule has 114 valence electrons. The summed E-state index contributed by atoms with van der Waals surface area (Å²) in [6.45, 7) is 7.85. The zero-order valence-electron chi connectivity index (χ0n) is 12.9. The van der Waals surface area contributed by atoms with Crippen molar-refractivity contribution in [1.29, 1.82) is 0 Å². The van der Waals surface area contributed by atoms with Crippen LogP contribution in [0.3, 0.4) is 0 Å². The van der Waals surface area contributed by atoms with Gasteiger partial charge >= 0.3 is 0 Å². The lowest BCUT2D eigenvalue weighted by molar-refractivity contribution is 0.0952. The first-order valence-corrected chi connectivity index (χ1v) is 7.23. The first kappa shape index (κ1) is 15.7. The number of hydrogen-bond donors (Lipinski definition) is 2. The van der Waals surface area contributed by atoms with E-state index in [0.717, 1.165) is 12.1 Å². The summed E-state index contributed by atoms with van der Waals surface area (Å²) in [5.41, 5.74) is 2.53. The average molecular weight is 296 g/mol. The Labute approximate surface area is 130 Å². The summed E-state index contributed by atoms with van der Waals surface area (Å²) in [5.74, 6) is 0.897. The second-order valence-corrected chi connectivity index (χ2v) is 4.86. The van der Waals surface area contributed by atoms with Crippen LogP contribution in [0.4, 0.5) is 11.5 Å². The SMILES string of the molecule is C=CCNC(=O)c1cc(Nc2ccc(CC)cc2)nc(C)n1. The largest absolute Gasteiger partial charge is 0.347 e. The Balaban J connectivity index is 2.18. The smallest absolute Gasteiger partial charge is 0.270 e. The third-order valence-electron chi connectivity index (χ3n) is 3.11. The molecule has 2 aromatic rings.